The Balaban J connectivity index is 1.64. The van der Waals surface area contributed by atoms with Gasteiger partial charge in [0.2, 0.25) is 5.91 Å². The number of amides is 2. The lowest BCUT2D eigenvalue weighted by Crippen LogP contribution is -2.59. The van der Waals surface area contributed by atoms with Crippen LogP contribution in [0.2, 0.25) is 0 Å². The summed E-state index contributed by atoms with van der Waals surface area (Å²) in [4.78, 5) is 32.5. The molecule has 1 aliphatic carbocycles. The smallest absolute Gasteiger partial charge is 0.259 e. The number of benzene rings is 1. The highest BCUT2D eigenvalue weighted by Gasteiger charge is 2.54. The summed E-state index contributed by atoms with van der Waals surface area (Å²) in [6, 6.07) is 5.31. The van der Waals surface area contributed by atoms with Gasteiger partial charge in [0.15, 0.2) is 0 Å². The minimum atomic E-state index is -0.807. The molecular formula is C22H30FN3O3. The lowest BCUT2D eigenvalue weighted by Gasteiger charge is -2.44. The van der Waals surface area contributed by atoms with Crippen molar-refractivity contribution in [2.45, 2.75) is 44.4 Å². The van der Waals surface area contributed by atoms with Gasteiger partial charge in [-0.1, -0.05) is 19.1 Å². The SMILES string of the molecule is CC1CCC2(CC1)OC[C@H](C(=O)N1CCN(C)CC1)N2C(=O)c1ccccc1F. The number of hydrogen-bond acceptors (Lipinski definition) is 4. The monoisotopic (exact) mass is 403 g/mol. The minimum Gasteiger partial charge on any atom is -0.353 e. The lowest BCUT2D eigenvalue weighted by atomic mass is 9.83. The number of likely N-dealkylation sites (N-methyl/N-ethyl adjacent to an activating group) is 1. The summed E-state index contributed by atoms with van der Waals surface area (Å²) in [6.07, 6.45) is 3.22. The van der Waals surface area contributed by atoms with E-state index in [1.165, 1.54) is 12.1 Å². The van der Waals surface area contributed by atoms with Crippen molar-refractivity contribution in [1.29, 1.82) is 0 Å². The standard InChI is InChI=1S/C22H30FN3O3/c1-16-7-9-22(10-8-16)26(20(27)17-5-3-4-6-18(17)23)19(15-29-22)21(28)25-13-11-24(2)12-14-25/h3-6,16,19H,7-15H2,1-2H3/t16?,19-,22?/m1/s1. The Morgan fingerprint density at radius 3 is 2.41 bits per heavy atom. The third-order valence-corrected chi connectivity index (χ3v) is 6.74. The Kier molecular flexibility index (Phi) is 5.62. The quantitative estimate of drug-likeness (QED) is 0.761. The molecule has 3 aliphatic rings. The van der Waals surface area contributed by atoms with Gasteiger partial charge in [0.05, 0.1) is 12.2 Å². The van der Waals surface area contributed by atoms with E-state index in [1.807, 2.05) is 11.9 Å². The maximum atomic E-state index is 14.4. The maximum Gasteiger partial charge on any atom is 0.259 e. The fourth-order valence-electron chi connectivity index (χ4n) is 4.77. The molecule has 2 heterocycles. The first-order chi connectivity index (χ1) is 13.9. The van der Waals surface area contributed by atoms with Crippen LogP contribution in [0, 0.1) is 11.7 Å². The van der Waals surface area contributed by atoms with E-state index in [9.17, 15) is 14.0 Å². The molecule has 1 saturated carbocycles. The number of piperazine rings is 1. The molecule has 0 unspecified atom stereocenters. The first-order valence-electron chi connectivity index (χ1n) is 10.6. The van der Waals surface area contributed by atoms with Crippen LogP contribution in [0.4, 0.5) is 4.39 Å². The minimum absolute atomic E-state index is 0.00664. The van der Waals surface area contributed by atoms with Gasteiger partial charge in [0.25, 0.3) is 5.91 Å². The summed E-state index contributed by atoms with van der Waals surface area (Å²) in [6.45, 7) is 5.26. The molecule has 0 radical (unpaired) electrons. The molecule has 0 bridgehead atoms. The summed E-state index contributed by atoms with van der Waals surface area (Å²) < 4.78 is 20.6. The Morgan fingerprint density at radius 2 is 1.76 bits per heavy atom. The number of hydrogen-bond donors (Lipinski definition) is 0. The van der Waals surface area contributed by atoms with Crippen molar-refractivity contribution in [3.8, 4) is 0 Å². The predicted octanol–water partition coefficient (Wildman–Crippen LogP) is 2.35. The highest BCUT2D eigenvalue weighted by molar-refractivity contribution is 5.98. The average Bonchev–Trinajstić information content (AvgIpc) is 3.09. The van der Waals surface area contributed by atoms with E-state index in [0.717, 1.165) is 25.9 Å². The van der Waals surface area contributed by atoms with Gasteiger partial charge in [-0.3, -0.25) is 14.5 Å². The molecule has 7 heteroatoms. The zero-order valence-electron chi connectivity index (χ0n) is 17.3. The molecule has 29 heavy (non-hydrogen) atoms. The van der Waals surface area contributed by atoms with Crippen LogP contribution in [-0.4, -0.2) is 78.1 Å². The van der Waals surface area contributed by atoms with Crippen LogP contribution in [0.15, 0.2) is 24.3 Å². The largest absolute Gasteiger partial charge is 0.353 e. The lowest BCUT2D eigenvalue weighted by molar-refractivity contribution is -0.139. The van der Waals surface area contributed by atoms with Crippen molar-refractivity contribution < 1.29 is 18.7 Å². The molecule has 6 nitrogen and oxygen atoms in total. The van der Waals surface area contributed by atoms with Gasteiger partial charge in [0, 0.05) is 26.2 Å². The maximum absolute atomic E-state index is 14.4. The average molecular weight is 403 g/mol. The van der Waals surface area contributed by atoms with Crippen molar-refractivity contribution >= 4 is 11.8 Å². The molecule has 2 saturated heterocycles. The summed E-state index contributed by atoms with van der Waals surface area (Å²) in [7, 11) is 2.03. The van der Waals surface area contributed by atoms with Crippen molar-refractivity contribution in [3.05, 3.63) is 35.6 Å². The van der Waals surface area contributed by atoms with E-state index in [4.69, 9.17) is 4.74 Å². The van der Waals surface area contributed by atoms with Crippen LogP contribution in [0.3, 0.4) is 0 Å². The van der Waals surface area contributed by atoms with E-state index < -0.39 is 23.5 Å². The molecule has 3 fully saturated rings. The first kappa shape index (κ1) is 20.3. The second kappa shape index (κ2) is 8.03. The molecule has 158 valence electrons. The van der Waals surface area contributed by atoms with E-state index >= 15 is 0 Å². The van der Waals surface area contributed by atoms with Gasteiger partial charge >= 0.3 is 0 Å². The number of carbonyl (C=O) groups excluding carboxylic acids is 2. The van der Waals surface area contributed by atoms with Crippen molar-refractivity contribution in [2.24, 2.45) is 5.92 Å². The fraction of sp³-hybridized carbons (Fsp3) is 0.636. The number of carbonyl (C=O) groups is 2. The second-order valence-electron chi connectivity index (χ2n) is 8.74. The number of nitrogens with zero attached hydrogens (tertiary/aromatic N) is 3. The topological polar surface area (TPSA) is 53.1 Å². The Bertz CT molecular complexity index is 770. The van der Waals surface area contributed by atoms with E-state index in [1.54, 1.807) is 17.0 Å². The fourth-order valence-corrected chi connectivity index (χ4v) is 4.77. The molecule has 0 N–H and O–H groups in total. The normalized spacial score (nSPS) is 30.7. The zero-order chi connectivity index (χ0) is 20.6. The molecule has 4 rings (SSSR count). The summed E-state index contributed by atoms with van der Waals surface area (Å²) in [5.74, 6) is -0.530. The van der Waals surface area contributed by atoms with Crippen LogP contribution >= 0.6 is 0 Å². The van der Waals surface area contributed by atoms with Crippen LogP contribution in [0.5, 0.6) is 0 Å². The molecule has 2 amide bonds. The van der Waals surface area contributed by atoms with E-state index in [2.05, 4.69) is 11.8 Å². The number of halogens is 1. The summed E-state index contributed by atoms with van der Waals surface area (Å²) in [5.41, 5.74) is -0.800. The van der Waals surface area contributed by atoms with Gasteiger partial charge < -0.3 is 14.5 Å². The van der Waals surface area contributed by atoms with Crippen molar-refractivity contribution in [3.63, 3.8) is 0 Å². The number of rotatable bonds is 2. The zero-order valence-corrected chi connectivity index (χ0v) is 17.3. The number of ether oxygens (including phenoxy) is 1. The van der Waals surface area contributed by atoms with Crippen LogP contribution in [0.1, 0.15) is 43.0 Å². The van der Waals surface area contributed by atoms with Gasteiger partial charge in [-0.2, -0.15) is 0 Å². The Labute approximate surface area is 171 Å². The summed E-state index contributed by atoms with van der Waals surface area (Å²) >= 11 is 0. The molecule has 1 atom stereocenters. The van der Waals surface area contributed by atoms with Gasteiger partial charge in [0.1, 0.15) is 17.6 Å². The predicted molar refractivity (Wildman–Crippen MR) is 107 cm³/mol. The highest BCUT2D eigenvalue weighted by atomic mass is 19.1. The van der Waals surface area contributed by atoms with E-state index in [-0.39, 0.29) is 18.1 Å². The Hall–Kier alpha value is -1.99. The third kappa shape index (κ3) is 3.78. The van der Waals surface area contributed by atoms with Crippen LogP contribution in [-0.2, 0) is 9.53 Å². The molecule has 1 spiro atoms. The van der Waals surface area contributed by atoms with Crippen LogP contribution < -0.4 is 0 Å². The second-order valence-corrected chi connectivity index (χ2v) is 8.74. The molecule has 2 aliphatic heterocycles. The van der Waals surface area contributed by atoms with Crippen molar-refractivity contribution in [2.75, 3.05) is 39.8 Å². The Morgan fingerprint density at radius 1 is 1.10 bits per heavy atom. The summed E-state index contributed by atoms with van der Waals surface area (Å²) in [5, 5.41) is 0. The molecule has 1 aromatic rings. The molecular weight excluding hydrogens is 373 g/mol. The van der Waals surface area contributed by atoms with Gasteiger partial charge in [-0.05, 0) is 50.8 Å². The highest BCUT2D eigenvalue weighted by Crippen LogP contribution is 2.43. The van der Waals surface area contributed by atoms with Gasteiger partial charge in [-0.25, -0.2) is 4.39 Å². The van der Waals surface area contributed by atoms with E-state index in [0.29, 0.717) is 31.8 Å². The molecule has 1 aromatic carbocycles. The molecule has 0 aromatic heterocycles. The third-order valence-electron chi connectivity index (χ3n) is 6.74. The first-order valence-corrected chi connectivity index (χ1v) is 10.6. The van der Waals surface area contributed by atoms with Gasteiger partial charge in [-0.15, -0.1) is 0 Å². The van der Waals surface area contributed by atoms with Crippen molar-refractivity contribution in [1.82, 2.24) is 14.7 Å². The van der Waals surface area contributed by atoms with Crippen LogP contribution in [0.25, 0.3) is 0 Å².